The van der Waals surface area contributed by atoms with Crippen LogP contribution in [0.15, 0.2) is 82.4 Å². The lowest BCUT2D eigenvalue weighted by molar-refractivity contribution is 0.452. The van der Waals surface area contributed by atoms with E-state index < -0.39 is 0 Å². The SMILES string of the molecule is CCCCC(CC)Cc1ccc(C#Cc2cc3c4c5c2cccc5c(=O)c2cc(C#Cc5ccc(CC(CC)CCCC)s5)c5cccc(c3=O)c5c2-4)s1. The number of hydrogen-bond acceptors (Lipinski definition) is 4. The van der Waals surface area contributed by atoms with Crippen LogP contribution >= 0.6 is 22.7 Å². The molecule has 6 aromatic rings. The Morgan fingerprint density at radius 2 is 0.944 bits per heavy atom. The lowest BCUT2D eigenvalue weighted by Gasteiger charge is -2.21. The molecule has 8 rings (SSSR count). The molecule has 0 radical (unpaired) electrons. The largest absolute Gasteiger partial charge is 0.289 e. The number of benzene rings is 6. The number of thiophene rings is 2. The molecule has 2 aliphatic rings. The van der Waals surface area contributed by atoms with Gasteiger partial charge in [0, 0.05) is 64.3 Å². The lowest BCUT2D eigenvalue weighted by atomic mass is 9.79. The second kappa shape index (κ2) is 15.5. The van der Waals surface area contributed by atoms with Crippen molar-refractivity contribution in [1.29, 1.82) is 0 Å². The second-order valence-electron chi connectivity index (χ2n) is 15.1. The van der Waals surface area contributed by atoms with Crippen LogP contribution in [0.5, 0.6) is 0 Å². The summed E-state index contributed by atoms with van der Waals surface area (Å²) in [4.78, 5) is 33.8. The lowest BCUT2D eigenvalue weighted by Crippen LogP contribution is -2.14. The zero-order valence-corrected chi connectivity index (χ0v) is 33.4. The van der Waals surface area contributed by atoms with Gasteiger partial charge < -0.3 is 0 Å². The average Bonchev–Trinajstić information content (AvgIpc) is 3.86. The fourth-order valence-electron chi connectivity index (χ4n) is 8.53. The Morgan fingerprint density at radius 3 is 1.35 bits per heavy atom. The van der Waals surface area contributed by atoms with Crippen molar-refractivity contribution in [2.45, 2.75) is 91.9 Å². The third-order valence-electron chi connectivity index (χ3n) is 11.6. The highest BCUT2D eigenvalue weighted by Gasteiger charge is 2.27. The van der Waals surface area contributed by atoms with Gasteiger partial charge in [0.1, 0.15) is 0 Å². The molecule has 0 bridgehead atoms. The van der Waals surface area contributed by atoms with Gasteiger partial charge in [-0.3, -0.25) is 9.59 Å². The third-order valence-corrected chi connectivity index (χ3v) is 13.6. The van der Waals surface area contributed by atoms with Crippen LogP contribution in [0.2, 0.25) is 0 Å². The Morgan fingerprint density at radius 1 is 0.519 bits per heavy atom. The molecule has 54 heavy (non-hydrogen) atoms. The van der Waals surface area contributed by atoms with Crippen LogP contribution in [-0.2, 0) is 12.8 Å². The zero-order valence-electron chi connectivity index (χ0n) is 31.8. The minimum atomic E-state index is -0.0270. The molecule has 0 saturated heterocycles. The Bertz CT molecular complexity index is 2600. The normalized spacial score (nSPS) is 12.9. The number of rotatable bonds is 12. The highest BCUT2D eigenvalue weighted by molar-refractivity contribution is 7.12. The van der Waals surface area contributed by atoms with Gasteiger partial charge in [-0.2, -0.15) is 0 Å². The molecule has 270 valence electrons. The summed E-state index contributed by atoms with van der Waals surface area (Å²) in [7, 11) is 0. The van der Waals surface area contributed by atoms with Crippen LogP contribution < -0.4 is 10.9 Å². The van der Waals surface area contributed by atoms with E-state index in [1.54, 1.807) is 22.7 Å². The summed E-state index contributed by atoms with van der Waals surface area (Å²) in [5.41, 5.74) is 3.23. The van der Waals surface area contributed by atoms with Gasteiger partial charge in [-0.25, -0.2) is 0 Å². The van der Waals surface area contributed by atoms with Crippen molar-refractivity contribution in [3.63, 3.8) is 0 Å². The minimum Gasteiger partial charge on any atom is -0.289 e. The van der Waals surface area contributed by atoms with E-state index in [9.17, 15) is 9.59 Å². The summed E-state index contributed by atoms with van der Waals surface area (Å²) in [6, 6.07) is 24.4. The van der Waals surface area contributed by atoms with E-state index in [0.717, 1.165) is 66.4 Å². The first-order valence-corrected chi connectivity index (χ1v) is 21.6. The van der Waals surface area contributed by atoms with Crippen molar-refractivity contribution in [3.8, 4) is 34.8 Å². The third kappa shape index (κ3) is 6.66. The maximum absolute atomic E-state index is 14.5. The van der Waals surface area contributed by atoms with Gasteiger partial charge in [0.25, 0.3) is 0 Å². The van der Waals surface area contributed by atoms with Gasteiger partial charge in [0.2, 0.25) is 0 Å². The smallest absolute Gasteiger partial charge is 0.194 e. The first-order valence-electron chi connectivity index (χ1n) is 19.9. The average molecular weight is 743 g/mol. The van der Waals surface area contributed by atoms with E-state index in [0.29, 0.717) is 33.4 Å². The summed E-state index contributed by atoms with van der Waals surface area (Å²) >= 11 is 3.54. The minimum absolute atomic E-state index is 0.0270. The summed E-state index contributed by atoms with van der Waals surface area (Å²) in [5, 5.41) is 5.99. The van der Waals surface area contributed by atoms with Gasteiger partial charge in [-0.1, -0.05) is 139 Å². The standard InChI is InChI=1S/C50H46O2S2/c1-5-9-13-31(7-3)27-37-25-23-35(53-37)21-19-33-29-43-47-45-39(33)15-11-17-41(45)50(52)44-30-34(40-16-12-18-42(49(43)51)46(40)48(44)47)20-22-36-24-26-38(54-36)28-32(8-4)14-10-6-2/h11-12,15-18,23-26,29-32H,5-10,13-14,27-28H2,1-4H3. The predicted molar refractivity (Wildman–Crippen MR) is 234 cm³/mol. The Balaban J connectivity index is 1.23. The van der Waals surface area contributed by atoms with Crippen LogP contribution in [0.3, 0.4) is 0 Å². The molecule has 2 aliphatic carbocycles. The summed E-state index contributed by atoms with van der Waals surface area (Å²) in [6.07, 6.45) is 12.1. The van der Waals surface area contributed by atoms with Crippen LogP contribution in [0.25, 0.3) is 54.2 Å². The molecule has 2 unspecified atom stereocenters. The van der Waals surface area contributed by atoms with Gasteiger partial charge in [-0.15, -0.1) is 22.7 Å². The molecule has 4 heteroatoms. The van der Waals surface area contributed by atoms with Crippen molar-refractivity contribution < 1.29 is 0 Å². The molecule has 2 aromatic heterocycles. The Hall–Kier alpha value is -4.74. The van der Waals surface area contributed by atoms with Gasteiger partial charge in [-0.05, 0) is 71.8 Å². The monoisotopic (exact) mass is 742 g/mol. The molecular weight excluding hydrogens is 697 g/mol. The van der Waals surface area contributed by atoms with E-state index in [-0.39, 0.29) is 10.9 Å². The topological polar surface area (TPSA) is 34.1 Å². The predicted octanol–water partition coefficient (Wildman–Crippen LogP) is 12.9. The zero-order chi connectivity index (χ0) is 37.3. The first-order chi connectivity index (χ1) is 26.4. The molecule has 2 atom stereocenters. The van der Waals surface area contributed by atoms with Crippen molar-refractivity contribution >= 4 is 65.8 Å². The quantitative estimate of drug-likeness (QED) is 0.0709. The van der Waals surface area contributed by atoms with Crippen molar-refractivity contribution in [1.82, 2.24) is 0 Å². The molecule has 0 aliphatic heterocycles. The molecule has 0 N–H and O–H groups in total. The molecular formula is C50H46O2S2. The molecule has 0 amide bonds. The van der Waals surface area contributed by atoms with E-state index in [4.69, 9.17) is 0 Å². The fraction of sp³-hybridized carbons (Fsp3) is 0.320. The van der Waals surface area contributed by atoms with E-state index in [1.165, 1.54) is 61.1 Å². The first kappa shape index (κ1) is 36.2. The van der Waals surface area contributed by atoms with Gasteiger partial charge >= 0.3 is 0 Å². The molecule has 4 aromatic carbocycles. The van der Waals surface area contributed by atoms with Crippen LogP contribution in [0, 0.1) is 35.5 Å². The number of hydrogen-bond donors (Lipinski definition) is 0. The highest BCUT2D eigenvalue weighted by atomic mass is 32.1. The molecule has 0 saturated carbocycles. The second-order valence-corrected chi connectivity index (χ2v) is 17.4. The summed E-state index contributed by atoms with van der Waals surface area (Å²) in [5.74, 6) is 15.2. The van der Waals surface area contributed by atoms with Crippen LogP contribution in [0.1, 0.15) is 110 Å². The molecule has 0 spiro atoms. The summed E-state index contributed by atoms with van der Waals surface area (Å²) < 4.78 is 0. The molecule has 2 heterocycles. The van der Waals surface area contributed by atoms with E-state index in [2.05, 4.69) is 75.6 Å². The van der Waals surface area contributed by atoms with Crippen LogP contribution in [0.4, 0.5) is 0 Å². The summed E-state index contributed by atoms with van der Waals surface area (Å²) in [6.45, 7) is 9.09. The fourth-order valence-corrected chi connectivity index (χ4v) is 10.5. The molecule has 0 fully saturated rings. The number of unbranched alkanes of at least 4 members (excludes halogenated alkanes) is 2. The molecule has 2 nitrogen and oxygen atoms in total. The maximum atomic E-state index is 14.5. The van der Waals surface area contributed by atoms with Gasteiger partial charge in [0.05, 0.1) is 9.75 Å². The van der Waals surface area contributed by atoms with Gasteiger partial charge in [0.15, 0.2) is 10.9 Å². The Kier molecular flexibility index (Phi) is 10.4. The van der Waals surface area contributed by atoms with Crippen molar-refractivity contribution in [2.75, 3.05) is 0 Å². The van der Waals surface area contributed by atoms with E-state index in [1.807, 2.05) is 48.5 Å². The van der Waals surface area contributed by atoms with E-state index >= 15 is 0 Å². The Labute approximate surface area is 326 Å². The maximum Gasteiger partial charge on any atom is 0.194 e. The van der Waals surface area contributed by atoms with Crippen molar-refractivity contribution in [3.05, 3.63) is 124 Å². The highest BCUT2D eigenvalue weighted by Crippen LogP contribution is 2.46. The van der Waals surface area contributed by atoms with Crippen molar-refractivity contribution in [2.24, 2.45) is 11.8 Å². The van der Waals surface area contributed by atoms with Crippen LogP contribution in [-0.4, -0.2) is 0 Å².